The molecule has 2 aromatic rings. The first-order valence-electron chi connectivity index (χ1n) is 7.57. The van der Waals surface area contributed by atoms with Gasteiger partial charge in [0.1, 0.15) is 5.76 Å². The van der Waals surface area contributed by atoms with E-state index >= 15 is 0 Å². The average molecular weight is 467 g/mol. The van der Waals surface area contributed by atoms with Crippen molar-refractivity contribution in [3.63, 3.8) is 0 Å². The van der Waals surface area contributed by atoms with Gasteiger partial charge in [0.15, 0.2) is 5.96 Å². The van der Waals surface area contributed by atoms with Crippen molar-refractivity contribution in [2.75, 3.05) is 13.6 Å². The van der Waals surface area contributed by atoms with Crippen LogP contribution in [-0.2, 0) is 12.6 Å². The van der Waals surface area contributed by atoms with Crippen LogP contribution in [0.3, 0.4) is 0 Å². The van der Waals surface area contributed by atoms with E-state index < -0.39 is 11.7 Å². The molecule has 4 nitrogen and oxygen atoms in total. The van der Waals surface area contributed by atoms with Crippen molar-refractivity contribution in [3.8, 4) is 0 Å². The number of aliphatic imine (C=N–C) groups is 1. The Hall–Kier alpha value is -1.71. The van der Waals surface area contributed by atoms with Gasteiger partial charge in [-0.05, 0) is 36.8 Å². The van der Waals surface area contributed by atoms with Crippen LogP contribution in [-0.4, -0.2) is 19.6 Å². The summed E-state index contributed by atoms with van der Waals surface area (Å²) in [6, 6.07) is 8.65. The van der Waals surface area contributed by atoms with Crippen molar-refractivity contribution in [1.82, 2.24) is 10.6 Å². The Balaban J connectivity index is 0.00000312. The third-order valence-corrected chi connectivity index (χ3v) is 3.53. The van der Waals surface area contributed by atoms with E-state index in [-0.39, 0.29) is 30.0 Å². The Labute approximate surface area is 161 Å². The van der Waals surface area contributed by atoms with Crippen LogP contribution in [0.5, 0.6) is 0 Å². The Morgan fingerprint density at radius 2 is 2.00 bits per heavy atom. The molecule has 0 bridgehead atoms. The molecule has 2 N–H and O–H groups in total. The van der Waals surface area contributed by atoms with Gasteiger partial charge in [0, 0.05) is 20.0 Å². The highest BCUT2D eigenvalue weighted by Crippen LogP contribution is 2.30. The van der Waals surface area contributed by atoms with E-state index in [0.29, 0.717) is 24.5 Å². The van der Waals surface area contributed by atoms with Crippen LogP contribution in [0.25, 0.3) is 0 Å². The minimum Gasteiger partial charge on any atom is -0.469 e. The van der Waals surface area contributed by atoms with Gasteiger partial charge in [0.05, 0.1) is 17.9 Å². The molecule has 138 valence electrons. The van der Waals surface area contributed by atoms with Crippen LogP contribution in [0.15, 0.2) is 52.1 Å². The first-order chi connectivity index (χ1) is 11.4. The third kappa shape index (κ3) is 6.60. The molecule has 1 unspecified atom stereocenters. The van der Waals surface area contributed by atoms with Crippen molar-refractivity contribution in [1.29, 1.82) is 0 Å². The van der Waals surface area contributed by atoms with E-state index in [2.05, 4.69) is 15.6 Å². The second-order valence-corrected chi connectivity index (χ2v) is 5.32. The molecule has 0 fully saturated rings. The van der Waals surface area contributed by atoms with E-state index in [9.17, 15) is 13.2 Å². The monoisotopic (exact) mass is 467 g/mol. The number of halogens is 4. The number of hydrogen-bond donors (Lipinski definition) is 2. The smallest absolute Gasteiger partial charge is 0.416 e. The molecule has 0 aliphatic heterocycles. The number of nitrogens with zero attached hydrogens (tertiary/aromatic N) is 1. The molecule has 0 amide bonds. The molecule has 0 aliphatic carbocycles. The number of alkyl halides is 3. The molecule has 0 saturated heterocycles. The van der Waals surface area contributed by atoms with Gasteiger partial charge in [0.2, 0.25) is 0 Å². The molecule has 25 heavy (non-hydrogen) atoms. The number of furan rings is 1. The van der Waals surface area contributed by atoms with Crippen molar-refractivity contribution < 1.29 is 17.6 Å². The van der Waals surface area contributed by atoms with Crippen LogP contribution in [0, 0.1) is 0 Å². The largest absolute Gasteiger partial charge is 0.469 e. The minimum absolute atomic E-state index is 0. The van der Waals surface area contributed by atoms with Gasteiger partial charge >= 0.3 is 6.18 Å². The predicted molar refractivity (Wildman–Crippen MR) is 102 cm³/mol. The van der Waals surface area contributed by atoms with Crippen LogP contribution in [0.1, 0.15) is 29.9 Å². The van der Waals surface area contributed by atoms with Crippen LogP contribution in [0.2, 0.25) is 0 Å². The molecule has 8 heteroatoms. The number of guanidine groups is 1. The molecule has 2 rings (SSSR count). The zero-order chi connectivity index (χ0) is 17.6. The maximum absolute atomic E-state index is 12.8. The predicted octanol–water partition coefficient (Wildman–Crippen LogP) is 4.39. The number of nitrogens with one attached hydrogen (secondary N) is 2. The molecule has 0 radical (unpaired) electrons. The Bertz CT molecular complexity index is 672. The Morgan fingerprint density at radius 3 is 2.60 bits per heavy atom. The van der Waals surface area contributed by atoms with Crippen molar-refractivity contribution in [2.24, 2.45) is 4.99 Å². The summed E-state index contributed by atoms with van der Waals surface area (Å²) in [5, 5.41) is 6.19. The first-order valence-corrected chi connectivity index (χ1v) is 7.57. The molecular weight excluding hydrogens is 446 g/mol. The third-order valence-electron chi connectivity index (χ3n) is 3.53. The fourth-order valence-corrected chi connectivity index (χ4v) is 2.23. The highest BCUT2D eigenvalue weighted by atomic mass is 127. The molecule has 0 spiro atoms. The van der Waals surface area contributed by atoms with Gasteiger partial charge in [-0.3, -0.25) is 4.99 Å². The van der Waals surface area contributed by atoms with Crippen LogP contribution < -0.4 is 10.6 Å². The second kappa shape index (κ2) is 9.69. The van der Waals surface area contributed by atoms with Gasteiger partial charge < -0.3 is 15.1 Å². The molecule has 1 aromatic heterocycles. The van der Waals surface area contributed by atoms with Crippen molar-refractivity contribution in [3.05, 3.63) is 59.5 Å². The molecule has 1 atom stereocenters. The second-order valence-electron chi connectivity index (χ2n) is 5.32. The summed E-state index contributed by atoms with van der Waals surface area (Å²) in [7, 11) is 1.61. The van der Waals surface area contributed by atoms with E-state index in [1.54, 1.807) is 26.3 Å². The van der Waals surface area contributed by atoms with E-state index in [4.69, 9.17) is 4.42 Å². The highest BCUT2D eigenvalue weighted by molar-refractivity contribution is 14.0. The molecule has 0 aliphatic rings. The quantitative estimate of drug-likeness (QED) is 0.390. The van der Waals surface area contributed by atoms with Gasteiger partial charge in [-0.25, -0.2) is 0 Å². The SMILES string of the molecule is CN=C(NCCc1ccco1)NC(C)c1cccc(C(F)(F)F)c1.I. The summed E-state index contributed by atoms with van der Waals surface area (Å²) < 4.78 is 43.6. The van der Waals surface area contributed by atoms with Crippen LogP contribution >= 0.6 is 24.0 Å². The van der Waals surface area contributed by atoms with E-state index in [1.165, 1.54) is 6.07 Å². The first kappa shape index (κ1) is 21.3. The maximum atomic E-state index is 12.8. The summed E-state index contributed by atoms with van der Waals surface area (Å²) in [4.78, 5) is 4.09. The zero-order valence-electron chi connectivity index (χ0n) is 13.9. The standard InChI is InChI=1S/C17H20F3N3O.HI/c1-12(13-5-3-6-14(11-13)17(18,19)20)23-16(21-2)22-9-8-15-7-4-10-24-15;/h3-7,10-12H,8-9H2,1-2H3,(H2,21,22,23);1H. The highest BCUT2D eigenvalue weighted by Gasteiger charge is 2.30. The van der Waals surface area contributed by atoms with Gasteiger partial charge in [-0.1, -0.05) is 12.1 Å². The summed E-state index contributed by atoms with van der Waals surface area (Å²) in [6.07, 6.45) is -2.05. The lowest BCUT2D eigenvalue weighted by Gasteiger charge is -2.19. The zero-order valence-corrected chi connectivity index (χ0v) is 16.3. The normalized spacial score (nSPS) is 13.1. The Morgan fingerprint density at radius 1 is 1.24 bits per heavy atom. The Kier molecular flexibility index (Phi) is 8.27. The van der Waals surface area contributed by atoms with E-state index in [0.717, 1.165) is 17.9 Å². The molecule has 1 heterocycles. The number of hydrogen-bond acceptors (Lipinski definition) is 2. The van der Waals surface area contributed by atoms with Crippen LogP contribution in [0.4, 0.5) is 13.2 Å². The fourth-order valence-electron chi connectivity index (χ4n) is 2.23. The fraction of sp³-hybridized carbons (Fsp3) is 0.353. The summed E-state index contributed by atoms with van der Waals surface area (Å²) in [5.41, 5.74) is -0.117. The lowest BCUT2D eigenvalue weighted by Crippen LogP contribution is -2.39. The van der Waals surface area contributed by atoms with Gasteiger partial charge in [-0.15, -0.1) is 24.0 Å². The summed E-state index contributed by atoms with van der Waals surface area (Å²) >= 11 is 0. The number of rotatable bonds is 5. The van der Waals surface area contributed by atoms with E-state index in [1.807, 2.05) is 12.1 Å². The van der Waals surface area contributed by atoms with Gasteiger partial charge in [-0.2, -0.15) is 13.2 Å². The lowest BCUT2D eigenvalue weighted by molar-refractivity contribution is -0.137. The van der Waals surface area contributed by atoms with Crippen molar-refractivity contribution >= 4 is 29.9 Å². The maximum Gasteiger partial charge on any atom is 0.416 e. The molecule has 0 saturated carbocycles. The molecular formula is C17H21F3IN3O. The topological polar surface area (TPSA) is 49.6 Å². The lowest BCUT2D eigenvalue weighted by atomic mass is 10.1. The number of benzene rings is 1. The minimum atomic E-state index is -4.35. The summed E-state index contributed by atoms with van der Waals surface area (Å²) in [6.45, 7) is 2.39. The summed E-state index contributed by atoms with van der Waals surface area (Å²) in [5.74, 6) is 1.37. The van der Waals surface area contributed by atoms with Gasteiger partial charge in [0.25, 0.3) is 0 Å². The average Bonchev–Trinajstić information content (AvgIpc) is 3.06. The molecule has 1 aromatic carbocycles. The van der Waals surface area contributed by atoms with Crippen molar-refractivity contribution in [2.45, 2.75) is 25.6 Å².